The molecule has 0 aromatic heterocycles. The molecule has 0 saturated carbocycles. The minimum atomic E-state index is -0.196. The summed E-state index contributed by atoms with van der Waals surface area (Å²) in [6.07, 6.45) is 10.9. The lowest BCUT2D eigenvalue weighted by atomic mass is 9.87. The van der Waals surface area contributed by atoms with Crippen LogP contribution in [0.15, 0.2) is 50.6 Å². The highest BCUT2D eigenvalue weighted by Gasteiger charge is 2.36. The van der Waals surface area contributed by atoms with E-state index in [0.29, 0.717) is 12.3 Å². The van der Waals surface area contributed by atoms with Gasteiger partial charge in [-0.15, -0.1) is 26.3 Å². The largest absolute Gasteiger partial charge is 0.348 e. The fourth-order valence-electron chi connectivity index (χ4n) is 2.40. The van der Waals surface area contributed by atoms with Crippen molar-refractivity contribution in [3.63, 3.8) is 0 Å². The average Bonchev–Trinajstić information content (AvgIpc) is 2.34. The van der Waals surface area contributed by atoms with E-state index in [-0.39, 0.29) is 18.5 Å². The molecule has 1 fully saturated rings. The molecule has 100 valence electrons. The molecule has 2 unspecified atom stereocenters. The standard InChI is InChI=1S/C16H24O2/c1-5-9-13-14(10-6-2)17-16(12-8-4)18-15(13)11-7-3/h5-8,13-16H,1-4,9-12H2. The summed E-state index contributed by atoms with van der Waals surface area (Å²) in [6, 6.07) is 0. The third-order valence-electron chi connectivity index (χ3n) is 3.20. The summed E-state index contributed by atoms with van der Waals surface area (Å²) in [5.74, 6) is 0.319. The van der Waals surface area contributed by atoms with E-state index >= 15 is 0 Å². The molecule has 18 heavy (non-hydrogen) atoms. The van der Waals surface area contributed by atoms with Gasteiger partial charge in [0.15, 0.2) is 6.29 Å². The van der Waals surface area contributed by atoms with Crippen LogP contribution >= 0.6 is 0 Å². The Balaban J connectivity index is 2.80. The van der Waals surface area contributed by atoms with Gasteiger partial charge in [0.2, 0.25) is 0 Å². The van der Waals surface area contributed by atoms with Gasteiger partial charge in [0.1, 0.15) is 0 Å². The van der Waals surface area contributed by atoms with Gasteiger partial charge >= 0.3 is 0 Å². The van der Waals surface area contributed by atoms with Gasteiger partial charge < -0.3 is 9.47 Å². The SMILES string of the molecule is C=CCC1OC(CC=C)C(CC=C)C(CC=C)O1. The van der Waals surface area contributed by atoms with E-state index in [9.17, 15) is 0 Å². The molecule has 2 nitrogen and oxygen atoms in total. The maximum Gasteiger partial charge on any atom is 0.161 e. The van der Waals surface area contributed by atoms with Crippen LogP contribution in [0.2, 0.25) is 0 Å². The fourth-order valence-corrected chi connectivity index (χ4v) is 2.40. The van der Waals surface area contributed by atoms with Gasteiger partial charge in [-0.2, -0.15) is 0 Å². The zero-order valence-corrected chi connectivity index (χ0v) is 11.1. The third-order valence-corrected chi connectivity index (χ3v) is 3.20. The maximum absolute atomic E-state index is 5.96. The van der Waals surface area contributed by atoms with Crippen LogP contribution in [-0.2, 0) is 9.47 Å². The fraction of sp³-hybridized carbons (Fsp3) is 0.500. The van der Waals surface area contributed by atoms with E-state index in [1.54, 1.807) is 0 Å². The van der Waals surface area contributed by atoms with Crippen molar-refractivity contribution in [2.75, 3.05) is 0 Å². The minimum Gasteiger partial charge on any atom is -0.348 e. The van der Waals surface area contributed by atoms with E-state index in [0.717, 1.165) is 19.3 Å². The average molecular weight is 248 g/mol. The molecule has 1 saturated heterocycles. The van der Waals surface area contributed by atoms with Gasteiger partial charge in [-0.3, -0.25) is 0 Å². The Morgan fingerprint density at radius 1 is 0.667 bits per heavy atom. The number of hydrogen-bond acceptors (Lipinski definition) is 2. The molecular weight excluding hydrogens is 224 g/mol. The molecule has 0 spiro atoms. The molecule has 0 radical (unpaired) electrons. The molecular formula is C16H24O2. The molecule has 1 aliphatic heterocycles. The number of hydrogen-bond donors (Lipinski definition) is 0. The van der Waals surface area contributed by atoms with Gasteiger partial charge in [0.25, 0.3) is 0 Å². The molecule has 1 heterocycles. The Hall–Kier alpha value is -1.12. The predicted octanol–water partition coefficient (Wildman–Crippen LogP) is 4.02. The lowest BCUT2D eigenvalue weighted by Gasteiger charge is -2.41. The highest BCUT2D eigenvalue weighted by atomic mass is 16.7. The molecule has 1 aliphatic rings. The summed E-state index contributed by atoms with van der Waals surface area (Å²) >= 11 is 0. The van der Waals surface area contributed by atoms with Gasteiger partial charge in [-0.05, 0) is 19.3 Å². The Morgan fingerprint density at radius 3 is 1.50 bits per heavy atom. The van der Waals surface area contributed by atoms with E-state index in [2.05, 4.69) is 26.3 Å². The summed E-state index contributed by atoms with van der Waals surface area (Å²) in [6.45, 7) is 15.2. The zero-order valence-electron chi connectivity index (χ0n) is 11.1. The Morgan fingerprint density at radius 2 is 1.11 bits per heavy atom. The first-order chi connectivity index (χ1) is 8.76. The summed E-state index contributed by atoms with van der Waals surface area (Å²) in [5.41, 5.74) is 0. The summed E-state index contributed by atoms with van der Waals surface area (Å²) < 4.78 is 11.9. The van der Waals surface area contributed by atoms with Crippen LogP contribution in [0.1, 0.15) is 25.7 Å². The summed E-state index contributed by atoms with van der Waals surface area (Å²) in [4.78, 5) is 0. The van der Waals surface area contributed by atoms with Crippen LogP contribution < -0.4 is 0 Å². The zero-order chi connectivity index (χ0) is 13.4. The van der Waals surface area contributed by atoms with Gasteiger partial charge in [-0.25, -0.2) is 0 Å². The quantitative estimate of drug-likeness (QED) is 0.604. The highest BCUT2D eigenvalue weighted by Crippen LogP contribution is 2.33. The van der Waals surface area contributed by atoms with Gasteiger partial charge in [0.05, 0.1) is 12.2 Å². The van der Waals surface area contributed by atoms with Gasteiger partial charge in [-0.1, -0.05) is 24.3 Å². The van der Waals surface area contributed by atoms with Crippen molar-refractivity contribution in [2.24, 2.45) is 5.92 Å². The first-order valence-electron chi connectivity index (χ1n) is 6.51. The van der Waals surface area contributed by atoms with Crippen molar-refractivity contribution in [3.05, 3.63) is 50.6 Å². The Bertz CT molecular complexity index is 275. The van der Waals surface area contributed by atoms with E-state index in [1.807, 2.05) is 24.3 Å². The van der Waals surface area contributed by atoms with Crippen molar-refractivity contribution < 1.29 is 9.47 Å². The van der Waals surface area contributed by atoms with Crippen molar-refractivity contribution in [3.8, 4) is 0 Å². The molecule has 2 heteroatoms. The molecule has 2 atom stereocenters. The van der Waals surface area contributed by atoms with E-state index in [4.69, 9.17) is 9.47 Å². The second kappa shape index (κ2) is 8.06. The smallest absolute Gasteiger partial charge is 0.161 e. The van der Waals surface area contributed by atoms with Gasteiger partial charge in [0, 0.05) is 12.3 Å². The molecule has 1 rings (SSSR count). The van der Waals surface area contributed by atoms with E-state index in [1.165, 1.54) is 0 Å². The molecule has 0 amide bonds. The lowest BCUT2D eigenvalue weighted by molar-refractivity contribution is -0.264. The van der Waals surface area contributed by atoms with Crippen LogP contribution in [0.3, 0.4) is 0 Å². The topological polar surface area (TPSA) is 18.5 Å². The molecule has 0 bridgehead atoms. The Labute approximate surface area is 111 Å². The highest BCUT2D eigenvalue weighted by molar-refractivity contribution is 4.93. The Kier molecular flexibility index (Phi) is 6.69. The van der Waals surface area contributed by atoms with Crippen molar-refractivity contribution >= 4 is 0 Å². The van der Waals surface area contributed by atoms with Crippen molar-refractivity contribution in [1.29, 1.82) is 0 Å². The molecule has 0 aliphatic carbocycles. The number of ether oxygens (including phenoxy) is 2. The molecule has 0 aromatic carbocycles. The number of rotatable bonds is 8. The van der Waals surface area contributed by atoms with Crippen LogP contribution in [0.25, 0.3) is 0 Å². The first kappa shape index (κ1) is 14.9. The summed E-state index contributed by atoms with van der Waals surface area (Å²) in [5, 5.41) is 0. The number of allylic oxidation sites excluding steroid dienone is 1. The normalized spacial score (nSPS) is 31.6. The van der Waals surface area contributed by atoms with Crippen LogP contribution in [0.5, 0.6) is 0 Å². The molecule has 0 N–H and O–H groups in total. The first-order valence-corrected chi connectivity index (χ1v) is 6.51. The predicted molar refractivity (Wildman–Crippen MR) is 76.3 cm³/mol. The maximum atomic E-state index is 5.96. The third kappa shape index (κ3) is 3.97. The van der Waals surface area contributed by atoms with E-state index < -0.39 is 0 Å². The van der Waals surface area contributed by atoms with Crippen molar-refractivity contribution in [2.45, 2.75) is 44.2 Å². The second-order valence-corrected chi connectivity index (χ2v) is 4.54. The van der Waals surface area contributed by atoms with Crippen molar-refractivity contribution in [1.82, 2.24) is 0 Å². The minimum absolute atomic E-state index is 0.143. The van der Waals surface area contributed by atoms with Crippen LogP contribution in [-0.4, -0.2) is 18.5 Å². The monoisotopic (exact) mass is 248 g/mol. The molecule has 0 aromatic rings. The van der Waals surface area contributed by atoms with Crippen LogP contribution in [0, 0.1) is 5.92 Å². The second-order valence-electron chi connectivity index (χ2n) is 4.54. The van der Waals surface area contributed by atoms with Crippen LogP contribution in [0.4, 0.5) is 0 Å². The lowest BCUT2D eigenvalue weighted by Crippen LogP contribution is -2.45. The summed E-state index contributed by atoms with van der Waals surface area (Å²) in [7, 11) is 0.